The summed E-state index contributed by atoms with van der Waals surface area (Å²) in [5.41, 5.74) is 22.5. The van der Waals surface area contributed by atoms with E-state index in [1.807, 2.05) is 93.9 Å². The normalized spacial score (nSPS) is 11.8. The molecule has 0 bridgehead atoms. The van der Waals surface area contributed by atoms with Gasteiger partial charge >= 0.3 is 180 Å². The summed E-state index contributed by atoms with van der Waals surface area (Å²) in [4.78, 5) is 36.0. The Bertz CT molecular complexity index is 5940. The zero-order valence-corrected chi connectivity index (χ0v) is 85.2. The fraction of sp³-hybridized carbons (Fsp3) is 0.323. The third kappa shape index (κ3) is 20.4. The van der Waals surface area contributed by atoms with E-state index in [9.17, 15) is 0 Å². The molecule has 0 N–H and O–H groups in total. The van der Waals surface area contributed by atoms with E-state index in [2.05, 4.69) is 293 Å². The molecule has 17 rings (SSSR count). The molecule has 115 heavy (non-hydrogen) atoms. The molecule has 0 amide bonds. The van der Waals surface area contributed by atoms with Crippen LogP contribution in [0.4, 0.5) is 0 Å². The van der Waals surface area contributed by atoms with Crippen molar-refractivity contribution in [1.82, 2.24) is 33.6 Å². The Labute approximate surface area is 750 Å². The maximum absolute atomic E-state index is 5.43. The van der Waals surface area contributed by atoms with Gasteiger partial charge in [-0.25, -0.2) is 19.9 Å². The Morgan fingerprint density at radius 3 is 1.12 bits per heavy atom. The number of aryl methyl sites for hydroxylation is 5. The van der Waals surface area contributed by atoms with Crippen molar-refractivity contribution < 1.29 is 0 Å². The van der Waals surface area contributed by atoms with Gasteiger partial charge in [0, 0.05) is 67.0 Å². The minimum absolute atomic E-state index is 0. The topological polar surface area (TPSA) is 66.3 Å². The number of aromatic nitrogens is 7. The van der Waals surface area contributed by atoms with E-state index in [-0.39, 0.29) is 7.43 Å². The fourth-order valence-corrected chi connectivity index (χ4v) is 33.2. The molecule has 17 aromatic rings. The number of thiophene rings is 6. The molecule has 0 spiro atoms. The second kappa shape index (κ2) is 41.0. The van der Waals surface area contributed by atoms with Crippen molar-refractivity contribution in [2.45, 2.75) is 195 Å². The van der Waals surface area contributed by atoms with Crippen LogP contribution in [0.25, 0.3) is 139 Å². The molecule has 595 valence electrons. The van der Waals surface area contributed by atoms with Crippen LogP contribution < -0.4 is 5.79 Å². The third-order valence-electron chi connectivity index (χ3n) is 21.3. The predicted molar refractivity (Wildman–Crippen MR) is 532 cm³/mol. The molecule has 0 unspecified atom stereocenters. The molecule has 0 aliphatic rings. The van der Waals surface area contributed by atoms with Crippen LogP contribution in [0, 0.1) is 21.3 Å². The quantitative estimate of drug-likeness (QED) is 0.0278. The van der Waals surface area contributed by atoms with E-state index in [0.717, 1.165) is 94.7 Å². The van der Waals surface area contributed by atoms with Crippen LogP contribution >= 0.6 is 132 Å². The number of fused-ring (bicyclic) bond motifs is 11. The van der Waals surface area contributed by atoms with Gasteiger partial charge in [-0.3, -0.25) is 0 Å². The van der Waals surface area contributed by atoms with Gasteiger partial charge in [-0.15, -0.1) is 45.3 Å². The van der Waals surface area contributed by atoms with E-state index in [4.69, 9.17) is 19.9 Å². The van der Waals surface area contributed by atoms with Gasteiger partial charge in [0.2, 0.25) is 0 Å². The molecule has 0 fully saturated rings. The number of hydrogen-bond acceptors (Lipinski definition) is 10. The summed E-state index contributed by atoms with van der Waals surface area (Å²) in [5, 5.41) is 0. The second-order valence-electron chi connectivity index (χ2n) is 31.2. The second-order valence-corrected chi connectivity index (χ2v) is 65.9. The molecule has 7 nitrogen and oxygen atoms in total. The van der Waals surface area contributed by atoms with Gasteiger partial charge < -0.3 is 9.13 Å². The zero-order chi connectivity index (χ0) is 79.6. The Balaban J connectivity index is 0.000000139. The molecule has 1 radical (unpaired) electrons. The van der Waals surface area contributed by atoms with Crippen molar-refractivity contribution >= 4 is 259 Å². The van der Waals surface area contributed by atoms with Gasteiger partial charge in [-0.05, 0) is 132 Å². The number of rotatable bonds is 28. The Morgan fingerprint density at radius 1 is 0.348 bits per heavy atom. The maximum Gasteiger partial charge on any atom is 0.0984 e. The number of benzene rings is 6. The molecule has 11 heterocycles. The molecular weight excluding hydrogens is 2000 g/mol. The predicted octanol–water partition coefficient (Wildman–Crippen LogP) is 33.4. The maximum atomic E-state index is 5.43. The first-order valence-electron chi connectivity index (χ1n) is 40.8. The smallest absolute Gasteiger partial charge is 0.0984 e. The van der Waals surface area contributed by atoms with Crippen LogP contribution in [0.5, 0.6) is 0 Å². The summed E-state index contributed by atoms with van der Waals surface area (Å²) >= 11 is 23.0. The first-order chi connectivity index (χ1) is 55.4. The Kier molecular flexibility index (Phi) is 31.3. The molecular formula is C96H105Br4N7S6Sn2+. The summed E-state index contributed by atoms with van der Waals surface area (Å²) < 4.78 is 24.5. The summed E-state index contributed by atoms with van der Waals surface area (Å²) in [6.07, 6.45) is 24.2. The Hall–Kier alpha value is -5.01. The van der Waals surface area contributed by atoms with Crippen molar-refractivity contribution in [1.29, 1.82) is 0 Å². The van der Waals surface area contributed by atoms with E-state index >= 15 is 0 Å². The van der Waals surface area contributed by atoms with Crippen LogP contribution in [0.2, 0.25) is 24.7 Å². The standard InChI is InChI=1S/C38H37N3S2.C20H12Br2N2.C16H19Br2NS2.C16H19NS2.6CH3.2Sn/c1-4-5-6-7-8-15-22-41-30-23-26(3)42-37(30)38-31(41)24-32(43-38)29-21-20-25(2)33-36(29)40-35(28-18-13-10-14-19-28)34(39-33)27-16-11-9-12-17-27;21-15-11-12-16(22)20-19(15)23-17(13-7-3-1-4-8-13)18(24-20)14-9-5-2-6-10-14;1-2-3-4-5-6-7-8-19-11-9-13(17)20-15(11)16-12(19)10-14(18)21-16;1-2-3-4-5-6-7-10-17-13-8-11-18-15(13)16-14(17)9-12-19-16;;;;;;;;/h9-14,16-21,23-24H,4-8,15,22H2,1-3H3;1-12H;9-10H,2-8H2,1H3;8-9H,2-7,10H2,1H3;6*1H3;;/q;;;;;;;;;+1;;. The number of hydrogen-bond donors (Lipinski definition) is 0. The van der Waals surface area contributed by atoms with Crippen LogP contribution in [-0.4, -0.2) is 71.8 Å². The van der Waals surface area contributed by atoms with Crippen molar-refractivity contribution in [3.05, 3.63) is 216 Å². The SMILES string of the molecule is Brc1ccc(Br)c2nc(-c3ccccc3)c(-c3ccccc3)nc12.CCCCCCCCn1c2c[c]([Sn]([CH3])[CH3])sc2c2s[c]([Sn]([CH3])([CH3])[CH3])cc21.CCCCCCCCn1c2cc(Br)sc2c2sc(Br)cc21.CCCCCCCCn1c2cc(C)sc2c2sc(-c3ccc(C)c4nc(-c5ccccc5)c(-c5ccccc5)nc34)cc21.[CH3+]. The molecule has 0 saturated heterocycles. The molecule has 0 aliphatic heterocycles. The fourth-order valence-electron chi connectivity index (χ4n) is 15.3. The van der Waals surface area contributed by atoms with Crippen LogP contribution in [0.15, 0.2) is 199 Å². The molecule has 0 aliphatic carbocycles. The van der Waals surface area contributed by atoms with Gasteiger partial charge in [0.05, 0.1) is 82.2 Å². The molecule has 0 saturated carbocycles. The van der Waals surface area contributed by atoms with Crippen molar-refractivity contribution in [2.24, 2.45) is 0 Å². The molecule has 6 aromatic carbocycles. The monoisotopic (exact) mass is 2100 g/mol. The van der Waals surface area contributed by atoms with Gasteiger partial charge in [0.15, 0.2) is 0 Å². The van der Waals surface area contributed by atoms with Crippen LogP contribution in [0.3, 0.4) is 0 Å². The first-order valence-corrected chi connectivity index (χ1v) is 66.0. The van der Waals surface area contributed by atoms with E-state index in [1.54, 1.807) is 26.2 Å². The number of halogens is 4. The Morgan fingerprint density at radius 2 is 0.696 bits per heavy atom. The van der Waals surface area contributed by atoms with E-state index in [1.165, 1.54) is 186 Å². The van der Waals surface area contributed by atoms with E-state index in [0.29, 0.717) is 0 Å². The average Bonchev–Trinajstić information content (AvgIpc) is 1.65. The summed E-state index contributed by atoms with van der Waals surface area (Å²) in [7, 11) is 0. The first kappa shape index (κ1) is 87.8. The van der Waals surface area contributed by atoms with Crippen LogP contribution in [0.1, 0.15) is 147 Å². The molecule has 19 heteroatoms. The zero-order valence-electron chi connectivity index (χ0n) is 68.3. The summed E-state index contributed by atoms with van der Waals surface area (Å²) in [6.45, 7) is 14.7. The van der Waals surface area contributed by atoms with Gasteiger partial charge in [0.25, 0.3) is 0 Å². The van der Waals surface area contributed by atoms with Gasteiger partial charge in [-0.1, -0.05) is 212 Å². The van der Waals surface area contributed by atoms with Crippen molar-refractivity contribution in [3.8, 4) is 55.5 Å². The minimum atomic E-state index is -2.00. The number of unbranched alkanes of at least 4 members (excludes halogenated alkanes) is 15. The third-order valence-corrected chi connectivity index (χ3v) is 46.9. The molecule has 11 aromatic heterocycles. The molecule has 0 atom stereocenters. The summed E-state index contributed by atoms with van der Waals surface area (Å²) in [5.74, 6) is 0. The van der Waals surface area contributed by atoms with E-state index < -0.39 is 38.1 Å². The van der Waals surface area contributed by atoms with Gasteiger partial charge in [0.1, 0.15) is 11.0 Å². The van der Waals surface area contributed by atoms with Crippen LogP contribution in [-0.2, 0) is 19.6 Å². The summed E-state index contributed by atoms with van der Waals surface area (Å²) in [6, 6.07) is 64.2. The van der Waals surface area contributed by atoms with Gasteiger partial charge in [-0.2, -0.15) is 0 Å². The van der Waals surface area contributed by atoms with Crippen molar-refractivity contribution in [2.75, 3.05) is 0 Å². The van der Waals surface area contributed by atoms with Crippen molar-refractivity contribution in [3.63, 3.8) is 0 Å². The minimum Gasteiger partial charge on any atom is -0.339 e. The largest absolute Gasteiger partial charge is 0.339 e. The average molecular weight is 2110 g/mol. The number of nitrogens with zero attached hydrogens (tertiary/aromatic N) is 7.